The highest BCUT2D eigenvalue weighted by Crippen LogP contribution is 1.96. The van der Waals surface area contributed by atoms with Crippen molar-refractivity contribution in [1.82, 2.24) is 9.55 Å². The van der Waals surface area contributed by atoms with E-state index >= 15 is 0 Å². The van der Waals surface area contributed by atoms with Gasteiger partial charge in [0, 0.05) is 26.0 Å². The summed E-state index contributed by atoms with van der Waals surface area (Å²) < 4.78 is 7.31. The Labute approximate surface area is 73.4 Å². The van der Waals surface area contributed by atoms with Crippen LogP contribution in [0.15, 0.2) is 6.20 Å². The van der Waals surface area contributed by atoms with Gasteiger partial charge in [0.05, 0.1) is 0 Å². The summed E-state index contributed by atoms with van der Waals surface area (Å²) in [5.41, 5.74) is 0. The zero-order chi connectivity index (χ0) is 8.81. The lowest BCUT2D eigenvalue weighted by molar-refractivity contribution is 0.141. The van der Waals surface area contributed by atoms with Crippen LogP contribution in [-0.4, -0.2) is 22.8 Å². The molecule has 1 rings (SSSR count). The molecule has 12 heavy (non-hydrogen) atoms. The molecular formula is C9H15N2O. The lowest BCUT2D eigenvalue weighted by Crippen LogP contribution is -2.03. The largest absolute Gasteiger partial charge is 0.382 e. The predicted octanol–water partition coefficient (Wildman–Crippen LogP) is 1.42. The Kier molecular flexibility index (Phi) is 3.80. The van der Waals surface area contributed by atoms with E-state index in [0.29, 0.717) is 0 Å². The Bertz CT molecular complexity index is 220. The number of aryl methyl sites for hydroxylation is 2. The molecule has 0 aromatic carbocycles. The molecule has 1 aromatic heterocycles. The maximum atomic E-state index is 5.23. The summed E-state index contributed by atoms with van der Waals surface area (Å²) in [5.74, 6) is 1.02. The van der Waals surface area contributed by atoms with Gasteiger partial charge < -0.3 is 9.30 Å². The van der Waals surface area contributed by atoms with Gasteiger partial charge in [-0.1, -0.05) is 0 Å². The van der Waals surface area contributed by atoms with Gasteiger partial charge in [0.15, 0.2) is 0 Å². The number of rotatable bonds is 5. The number of hydrogen-bond acceptors (Lipinski definition) is 2. The minimum Gasteiger partial charge on any atom is -0.382 e. The molecule has 0 amide bonds. The van der Waals surface area contributed by atoms with Crippen molar-refractivity contribution in [3.8, 4) is 0 Å². The molecule has 1 radical (unpaired) electrons. The molecular weight excluding hydrogens is 152 g/mol. The normalized spacial score (nSPS) is 10.5. The smallest absolute Gasteiger partial charge is 0.109 e. The van der Waals surface area contributed by atoms with Crippen LogP contribution in [0.3, 0.4) is 0 Å². The molecule has 0 bridgehead atoms. The molecule has 0 unspecified atom stereocenters. The summed E-state index contributed by atoms with van der Waals surface area (Å²) in [6.07, 6.45) is 5.73. The van der Waals surface area contributed by atoms with Gasteiger partial charge in [0.2, 0.25) is 0 Å². The topological polar surface area (TPSA) is 27.1 Å². The Morgan fingerprint density at radius 2 is 2.50 bits per heavy atom. The van der Waals surface area contributed by atoms with E-state index < -0.39 is 0 Å². The van der Waals surface area contributed by atoms with Crippen molar-refractivity contribution in [3.63, 3.8) is 0 Å². The standard InChI is InChI=1S/C9H15N2O/c1-3-12-8-4-6-11-7-5-10-9(11)2/h7H,3-4,6,8H2,1-2H3. The minimum atomic E-state index is 0.801. The number of aromatic nitrogens is 2. The molecule has 3 heteroatoms. The molecule has 0 aliphatic carbocycles. The van der Waals surface area contributed by atoms with Crippen LogP contribution < -0.4 is 0 Å². The second-order valence-electron chi connectivity index (χ2n) is 2.66. The van der Waals surface area contributed by atoms with Crippen molar-refractivity contribution in [2.45, 2.75) is 26.8 Å². The lowest BCUT2D eigenvalue weighted by atomic mass is 10.4. The molecule has 0 aliphatic heterocycles. The third kappa shape index (κ3) is 2.66. The number of imidazole rings is 1. The molecule has 67 valence electrons. The summed E-state index contributed by atoms with van der Waals surface area (Å²) in [4.78, 5) is 4.01. The van der Waals surface area contributed by atoms with Crippen LogP contribution in [0.2, 0.25) is 0 Å². The minimum absolute atomic E-state index is 0.801. The first-order valence-corrected chi connectivity index (χ1v) is 4.32. The second-order valence-corrected chi connectivity index (χ2v) is 2.66. The van der Waals surface area contributed by atoms with Crippen molar-refractivity contribution in [2.75, 3.05) is 13.2 Å². The Morgan fingerprint density at radius 3 is 3.08 bits per heavy atom. The van der Waals surface area contributed by atoms with E-state index in [-0.39, 0.29) is 0 Å². The quantitative estimate of drug-likeness (QED) is 0.620. The SMILES string of the molecule is CCOCCCn1c[c]nc1C. The zero-order valence-corrected chi connectivity index (χ0v) is 7.71. The third-order valence-electron chi connectivity index (χ3n) is 1.75. The van der Waals surface area contributed by atoms with E-state index in [4.69, 9.17) is 4.74 Å². The highest BCUT2D eigenvalue weighted by Gasteiger charge is 1.95. The predicted molar refractivity (Wildman–Crippen MR) is 46.9 cm³/mol. The summed E-state index contributed by atoms with van der Waals surface area (Å²) in [5, 5.41) is 0. The van der Waals surface area contributed by atoms with Crippen LogP contribution in [0.1, 0.15) is 19.2 Å². The van der Waals surface area contributed by atoms with E-state index in [0.717, 1.165) is 32.0 Å². The maximum absolute atomic E-state index is 5.23. The molecule has 0 spiro atoms. The molecule has 0 saturated carbocycles. The van der Waals surface area contributed by atoms with Crippen LogP contribution in [0.4, 0.5) is 0 Å². The van der Waals surface area contributed by atoms with Crippen molar-refractivity contribution in [1.29, 1.82) is 0 Å². The maximum Gasteiger partial charge on any atom is 0.109 e. The number of nitrogens with zero attached hydrogens (tertiary/aromatic N) is 2. The summed E-state index contributed by atoms with van der Waals surface area (Å²) >= 11 is 0. The van der Waals surface area contributed by atoms with Crippen LogP contribution in [0, 0.1) is 13.1 Å². The Morgan fingerprint density at radius 1 is 1.67 bits per heavy atom. The molecule has 3 nitrogen and oxygen atoms in total. The monoisotopic (exact) mass is 167 g/mol. The van der Waals surface area contributed by atoms with Gasteiger partial charge in [0.25, 0.3) is 0 Å². The summed E-state index contributed by atoms with van der Waals surface area (Å²) in [6.45, 7) is 6.60. The second kappa shape index (κ2) is 4.93. The fraction of sp³-hybridized carbons (Fsp3) is 0.667. The molecule has 0 aliphatic rings. The van der Waals surface area contributed by atoms with Gasteiger partial charge in [0.1, 0.15) is 12.0 Å². The van der Waals surface area contributed by atoms with Gasteiger partial charge in [-0.05, 0) is 20.3 Å². The van der Waals surface area contributed by atoms with Gasteiger partial charge in [-0.25, -0.2) is 4.98 Å². The molecule has 0 N–H and O–H groups in total. The Balaban J connectivity index is 2.20. The van der Waals surface area contributed by atoms with E-state index in [1.807, 2.05) is 20.0 Å². The van der Waals surface area contributed by atoms with E-state index in [9.17, 15) is 0 Å². The van der Waals surface area contributed by atoms with E-state index in [2.05, 4.69) is 15.7 Å². The van der Waals surface area contributed by atoms with Gasteiger partial charge in [-0.2, -0.15) is 0 Å². The average Bonchev–Trinajstić information content (AvgIpc) is 2.46. The van der Waals surface area contributed by atoms with Gasteiger partial charge >= 0.3 is 0 Å². The lowest BCUT2D eigenvalue weighted by Gasteiger charge is -2.04. The van der Waals surface area contributed by atoms with E-state index in [1.165, 1.54) is 0 Å². The van der Waals surface area contributed by atoms with Crippen LogP contribution in [0.25, 0.3) is 0 Å². The number of hydrogen-bond donors (Lipinski definition) is 0. The third-order valence-corrected chi connectivity index (χ3v) is 1.75. The fourth-order valence-electron chi connectivity index (χ4n) is 1.06. The fourth-order valence-corrected chi connectivity index (χ4v) is 1.06. The summed E-state index contributed by atoms with van der Waals surface area (Å²) in [6, 6.07) is 0. The molecule has 1 aromatic rings. The van der Waals surface area contributed by atoms with Crippen molar-refractivity contribution in [3.05, 3.63) is 18.2 Å². The first-order chi connectivity index (χ1) is 5.84. The van der Waals surface area contributed by atoms with Crippen molar-refractivity contribution < 1.29 is 4.74 Å². The van der Waals surface area contributed by atoms with Crippen LogP contribution >= 0.6 is 0 Å². The number of ether oxygens (including phenoxy) is 1. The Hall–Kier alpha value is -0.830. The first kappa shape index (κ1) is 9.26. The molecule has 0 atom stereocenters. The first-order valence-electron chi connectivity index (χ1n) is 4.32. The van der Waals surface area contributed by atoms with Gasteiger partial charge in [-0.3, -0.25) is 0 Å². The highest BCUT2D eigenvalue weighted by atomic mass is 16.5. The average molecular weight is 167 g/mol. The zero-order valence-electron chi connectivity index (χ0n) is 7.71. The molecule has 0 saturated heterocycles. The van der Waals surface area contributed by atoms with Crippen LogP contribution in [-0.2, 0) is 11.3 Å². The van der Waals surface area contributed by atoms with E-state index in [1.54, 1.807) is 0 Å². The van der Waals surface area contributed by atoms with Crippen molar-refractivity contribution >= 4 is 0 Å². The van der Waals surface area contributed by atoms with Crippen LogP contribution in [0.5, 0.6) is 0 Å². The summed E-state index contributed by atoms with van der Waals surface area (Å²) in [7, 11) is 0. The van der Waals surface area contributed by atoms with Crippen molar-refractivity contribution in [2.24, 2.45) is 0 Å². The highest BCUT2D eigenvalue weighted by molar-refractivity contribution is 4.86. The molecule has 0 fully saturated rings. The molecule has 1 heterocycles. The van der Waals surface area contributed by atoms with Gasteiger partial charge in [-0.15, -0.1) is 0 Å².